The fraction of sp³-hybridized carbons (Fsp3) is 0.154. The molecule has 3 N–H and O–H groups in total. The van der Waals surface area contributed by atoms with E-state index in [1.165, 1.54) is 18.3 Å². The zero-order chi connectivity index (χ0) is 14.6. The van der Waals surface area contributed by atoms with Crippen LogP contribution in [0.5, 0.6) is 0 Å². The van der Waals surface area contributed by atoms with E-state index in [4.69, 9.17) is 10.5 Å². The highest BCUT2D eigenvalue weighted by molar-refractivity contribution is 7.92. The molecular weight excluding hydrogens is 278 g/mol. The number of benzene rings is 1. The lowest BCUT2D eigenvalue weighted by molar-refractivity contribution is 0.185. The van der Waals surface area contributed by atoms with Gasteiger partial charge in [-0.05, 0) is 29.8 Å². The van der Waals surface area contributed by atoms with E-state index in [0.29, 0.717) is 12.3 Å². The van der Waals surface area contributed by atoms with Crippen molar-refractivity contribution in [2.75, 3.05) is 17.6 Å². The summed E-state index contributed by atoms with van der Waals surface area (Å²) in [6.07, 6.45) is 1.44. The number of nitrogens with one attached hydrogen (secondary N) is 1. The van der Waals surface area contributed by atoms with Crippen LogP contribution in [0.1, 0.15) is 5.56 Å². The zero-order valence-corrected chi connectivity index (χ0v) is 11.7. The summed E-state index contributed by atoms with van der Waals surface area (Å²) in [5, 5.41) is 0. The predicted molar refractivity (Wildman–Crippen MR) is 76.6 cm³/mol. The summed E-state index contributed by atoms with van der Waals surface area (Å²) in [4.78, 5) is 3.73. The normalized spacial score (nSPS) is 11.2. The Labute approximate surface area is 117 Å². The summed E-state index contributed by atoms with van der Waals surface area (Å²) in [6, 6.07) is 9.88. The van der Waals surface area contributed by atoms with E-state index in [-0.39, 0.29) is 10.7 Å². The molecule has 20 heavy (non-hydrogen) atoms. The number of ether oxygens (including phenoxy) is 1. The maximum atomic E-state index is 12.2. The van der Waals surface area contributed by atoms with Crippen molar-refractivity contribution in [3.05, 3.63) is 48.2 Å². The standard InChI is InChI=1S/C13H15N3O3S/c1-19-9-10-4-2-5-11(8-10)16-20(17,18)12-6-3-7-15-13(12)14/h2-8,16H,9H2,1H3,(H2,14,15). The molecule has 0 aliphatic heterocycles. The zero-order valence-electron chi connectivity index (χ0n) is 10.9. The smallest absolute Gasteiger partial charge is 0.265 e. The van der Waals surface area contributed by atoms with Crippen molar-refractivity contribution in [3.8, 4) is 0 Å². The second-order valence-electron chi connectivity index (χ2n) is 4.13. The highest BCUT2D eigenvalue weighted by Crippen LogP contribution is 2.20. The van der Waals surface area contributed by atoms with Gasteiger partial charge in [0.05, 0.1) is 6.61 Å². The molecule has 2 rings (SSSR count). The van der Waals surface area contributed by atoms with Crippen LogP contribution in [0.15, 0.2) is 47.5 Å². The molecule has 0 atom stereocenters. The number of hydrogen-bond acceptors (Lipinski definition) is 5. The first kappa shape index (κ1) is 14.3. The molecule has 0 aliphatic rings. The van der Waals surface area contributed by atoms with E-state index in [1.807, 2.05) is 6.07 Å². The van der Waals surface area contributed by atoms with Crippen LogP contribution in [-0.4, -0.2) is 20.5 Å². The van der Waals surface area contributed by atoms with Crippen molar-refractivity contribution in [3.63, 3.8) is 0 Å². The van der Waals surface area contributed by atoms with Gasteiger partial charge in [0.2, 0.25) is 0 Å². The van der Waals surface area contributed by atoms with Crippen molar-refractivity contribution in [2.24, 2.45) is 0 Å². The second-order valence-corrected chi connectivity index (χ2v) is 5.78. The second kappa shape index (κ2) is 5.89. The fourth-order valence-electron chi connectivity index (χ4n) is 1.73. The number of pyridine rings is 1. The first-order valence-corrected chi connectivity index (χ1v) is 7.32. The van der Waals surface area contributed by atoms with Gasteiger partial charge >= 0.3 is 0 Å². The molecule has 0 bridgehead atoms. The third-order valence-corrected chi connectivity index (χ3v) is 4.01. The third-order valence-electron chi connectivity index (χ3n) is 2.58. The number of nitrogens with zero attached hydrogens (tertiary/aromatic N) is 1. The summed E-state index contributed by atoms with van der Waals surface area (Å²) in [7, 11) is -2.18. The lowest BCUT2D eigenvalue weighted by atomic mass is 10.2. The SMILES string of the molecule is COCc1cccc(NS(=O)(=O)c2cccnc2N)c1. The number of sulfonamides is 1. The number of hydrogen-bond donors (Lipinski definition) is 2. The number of nitrogens with two attached hydrogens (primary N) is 1. The van der Waals surface area contributed by atoms with E-state index in [9.17, 15) is 8.42 Å². The van der Waals surface area contributed by atoms with Crippen LogP contribution in [0.4, 0.5) is 11.5 Å². The van der Waals surface area contributed by atoms with Gasteiger partial charge in [0.25, 0.3) is 10.0 Å². The predicted octanol–water partition coefficient (Wildman–Crippen LogP) is 1.61. The molecule has 2 aromatic rings. The lowest BCUT2D eigenvalue weighted by Gasteiger charge is -2.10. The van der Waals surface area contributed by atoms with Crippen LogP contribution in [-0.2, 0) is 21.4 Å². The molecule has 0 saturated carbocycles. The summed E-state index contributed by atoms with van der Waals surface area (Å²) in [5.41, 5.74) is 6.90. The molecule has 7 heteroatoms. The Balaban J connectivity index is 2.29. The molecule has 106 valence electrons. The Morgan fingerprint density at radius 1 is 1.30 bits per heavy atom. The van der Waals surface area contributed by atoms with E-state index in [1.54, 1.807) is 25.3 Å². The van der Waals surface area contributed by atoms with E-state index in [0.717, 1.165) is 5.56 Å². The van der Waals surface area contributed by atoms with Crippen LogP contribution in [0.2, 0.25) is 0 Å². The van der Waals surface area contributed by atoms with E-state index >= 15 is 0 Å². The van der Waals surface area contributed by atoms with Gasteiger partial charge in [-0.15, -0.1) is 0 Å². The van der Waals surface area contributed by atoms with Crippen molar-refractivity contribution in [1.82, 2.24) is 4.98 Å². The topological polar surface area (TPSA) is 94.3 Å². The molecule has 1 aromatic carbocycles. The van der Waals surface area contributed by atoms with Gasteiger partial charge in [-0.1, -0.05) is 12.1 Å². The molecule has 0 amide bonds. The highest BCUT2D eigenvalue weighted by Gasteiger charge is 2.17. The quantitative estimate of drug-likeness (QED) is 0.873. The Bertz CT molecular complexity index is 702. The number of anilines is 2. The minimum atomic E-state index is -3.75. The molecule has 0 radical (unpaired) electrons. The van der Waals surface area contributed by atoms with E-state index < -0.39 is 10.0 Å². The highest BCUT2D eigenvalue weighted by atomic mass is 32.2. The first-order chi connectivity index (χ1) is 9.53. The van der Waals surface area contributed by atoms with Gasteiger partial charge in [-0.3, -0.25) is 4.72 Å². The summed E-state index contributed by atoms with van der Waals surface area (Å²) in [5.74, 6) is -0.0342. The molecule has 6 nitrogen and oxygen atoms in total. The Morgan fingerprint density at radius 3 is 2.80 bits per heavy atom. The molecule has 0 unspecified atom stereocenters. The molecule has 0 saturated heterocycles. The van der Waals surface area contributed by atoms with Gasteiger partial charge in [-0.25, -0.2) is 13.4 Å². The molecular formula is C13H15N3O3S. The minimum Gasteiger partial charge on any atom is -0.383 e. The van der Waals surface area contributed by atoms with Gasteiger partial charge in [0.1, 0.15) is 10.7 Å². The number of rotatable bonds is 5. The number of methoxy groups -OCH3 is 1. The summed E-state index contributed by atoms with van der Waals surface area (Å²) < 4.78 is 31.9. The van der Waals surface area contributed by atoms with Crippen molar-refractivity contribution in [2.45, 2.75) is 11.5 Å². The van der Waals surface area contributed by atoms with Gasteiger partial charge < -0.3 is 10.5 Å². The average Bonchev–Trinajstić information content (AvgIpc) is 2.39. The van der Waals surface area contributed by atoms with Crippen LogP contribution in [0, 0.1) is 0 Å². The number of aromatic nitrogens is 1. The van der Waals surface area contributed by atoms with Crippen molar-refractivity contribution >= 4 is 21.5 Å². The van der Waals surface area contributed by atoms with Crippen molar-refractivity contribution in [1.29, 1.82) is 0 Å². The maximum absolute atomic E-state index is 12.2. The molecule has 1 aromatic heterocycles. The molecule has 0 fully saturated rings. The largest absolute Gasteiger partial charge is 0.383 e. The van der Waals surface area contributed by atoms with Crippen LogP contribution in [0.3, 0.4) is 0 Å². The van der Waals surface area contributed by atoms with Crippen LogP contribution < -0.4 is 10.5 Å². The van der Waals surface area contributed by atoms with Crippen LogP contribution >= 0.6 is 0 Å². The Hall–Kier alpha value is -2.12. The summed E-state index contributed by atoms with van der Waals surface area (Å²) >= 11 is 0. The van der Waals surface area contributed by atoms with Crippen molar-refractivity contribution < 1.29 is 13.2 Å². The fourth-order valence-corrected chi connectivity index (χ4v) is 2.86. The maximum Gasteiger partial charge on any atom is 0.265 e. The first-order valence-electron chi connectivity index (χ1n) is 5.84. The lowest BCUT2D eigenvalue weighted by Crippen LogP contribution is -2.15. The van der Waals surface area contributed by atoms with Gasteiger partial charge in [0, 0.05) is 19.0 Å². The molecule has 0 aliphatic carbocycles. The Kier molecular flexibility index (Phi) is 4.21. The van der Waals surface area contributed by atoms with Gasteiger partial charge in [-0.2, -0.15) is 0 Å². The minimum absolute atomic E-state index is 0.0342. The Morgan fingerprint density at radius 2 is 2.10 bits per heavy atom. The third kappa shape index (κ3) is 3.25. The average molecular weight is 293 g/mol. The van der Waals surface area contributed by atoms with E-state index in [2.05, 4.69) is 9.71 Å². The number of nitrogen functional groups attached to an aromatic ring is 1. The molecule has 0 spiro atoms. The van der Waals surface area contributed by atoms with Crippen LogP contribution in [0.25, 0.3) is 0 Å². The summed E-state index contributed by atoms with van der Waals surface area (Å²) in [6.45, 7) is 0.407. The monoisotopic (exact) mass is 293 g/mol. The van der Waals surface area contributed by atoms with Gasteiger partial charge in [0.15, 0.2) is 0 Å². The molecule has 1 heterocycles.